The molecule has 0 radical (unpaired) electrons. The molecule has 1 aliphatic carbocycles. The number of imide groups is 1. The van der Waals surface area contributed by atoms with E-state index in [1.54, 1.807) is 20.8 Å². The Morgan fingerprint density at radius 3 is 2.41 bits per heavy atom. The van der Waals surface area contributed by atoms with Crippen molar-refractivity contribution in [1.29, 1.82) is 0 Å². The largest absolute Gasteiger partial charge is 0.339 e. The van der Waals surface area contributed by atoms with Crippen LogP contribution in [0.25, 0.3) is 0 Å². The van der Waals surface area contributed by atoms with Crippen molar-refractivity contribution in [3.8, 4) is 0 Å². The summed E-state index contributed by atoms with van der Waals surface area (Å²) >= 11 is 0. The molecular weight excluding hydrogens is 218 g/mol. The quantitative estimate of drug-likeness (QED) is 0.705. The highest BCUT2D eigenvalue weighted by atomic mass is 16.6. The molecule has 2 aliphatic rings. The van der Waals surface area contributed by atoms with Crippen LogP contribution < -0.4 is 0 Å². The van der Waals surface area contributed by atoms with Crippen LogP contribution in [0.5, 0.6) is 0 Å². The fourth-order valence-electron chi connectivity index (χ4n) is 2.95. The third-order valence-corrected chi connectivity index (χ3v) is 3.76. The van der Waals surface area contributed by atoms with E-state index in [2.05, 4.69) is 0 Å². The van der Waals surface area contributed by atoms with E-state index in [4.69, 9.17) is 4.74 Å². The molecule has 0 N–H and O–H groups in total. The van der Waals surface area contributed by atoms with Crippen LogP contribution in [0.4, 0.5) is 0 Å². The lowest BCUT2D eigenvalue weighted by Crippen LogP contribution is -2.51. The van der Waals surface area contributed by atoms with E-state index >= 15 is 0 Å². The van der Waals surface area contributed by atoms with Gasteiger partial charge in [-0.05, 0) is 39.5 Å². The molecule has 1 spiro atoms. The first-order valence-electron chi connectivity index (χ1n) is 6.51. The van der Waals surface area contributed by atoms with Crippen molar-refractivity contribution in [3.63, 3.8) is 0 Å². The number of hydrogen-bond acceptors (Lipinski definition) is 3. The van der Waals surface area contributed by atoms with Crippen LogP contribution >= 0.6 is 0 Å². The number of carbonyl (C=O) groups excluding carboxylic acids is 2. The van der Waals surface area contributed by atoms with Crippen molar-refractivity contribution in [2.45, 2.75) is 70.6 Å². The zero-order valence-corrected chi connectivity index (χ0v) is 10.9. The molecule has 2 rings (SSSR count). The van der Waals surface area contributed by atoms with Gasteiger partial charge in [-0.25, -0.2) is 0 Å². The number of ether oxygens (including phenoxy) is 1. The lowest BCUT2D eigenvalue weighted by Gasteiger charge is -2.38. The first-order chi connectivity index (χ1) is 7.93. The van der Waals surface area contributed by atoms with E-state index in [9.17, 15) is 9.59 Å². The molecule has 1 saturated carbocycles. The number of nitrogens with zero attached hydrogens (tertiary/aromatic N) is 1. The molecular formula is C13H21NO3. The molecule has 0 aromatic carbocycles. The zero-order valence-electron chi connectivity index (χ0n) is 10.9. The molecule has 0 bridgehead atoms. The topological polar surface area (TPSA) is 46.6 Å². The van der Waals surface area contributed by atoms with Crippen LogP contribution in [-0.2, 0) is 14.3 Å². The van der Waals surface area contributed by atoms with Crippen LogP contribution in [0, 0.1) is 0 Å². The summed E-state index contributed by atoms with van der Waals surface area (Å²) in [6, 6.07) is 0. The van der Waals surface area contributed by atoms with Gasteiger partial charge in [0.05, 0.1) is 0 Å². The number of carbonyl (C=O) groups is 2. The van der Waals surface area contributed by atoms with Crippen molar-refractivity contribution >= 4 is 11.8 Å². The molecule has 0 aromatic rings. The standard InChI is InChI=1S/C13H21NO3/c1-4-10(15)14-11(16)12(2,3)17-13(14)8-6-5-7-9-13/h4-9H2,1-3H3. The Hall–Kier alpha value is -0.900. The number of amides is 2. The van der Waals surface area contributed by atoms with Gasteiger partial charge in [0.15, 0.2) is 5.72 Å². The fraction of sp³-hybridized carbons (Fsp3) is 0.846. The molecule has 1 heterocycles. The number of rotatable bonds is 1. The first-order valence-corrected chi connectivity index (χ1v) is 6.51. The molecule has 0 atom stereocenters. The van der Waals surface area contributed by atoms with E-state index in [0.717, 1.165) is 32.1 Å². The number of hydrogen-bond donors (Lipinski definition) is 0. The van der Waals surface area contributed by atoms with E-state index in [1.165, 1.54) is 4.90 Å². The summed E-state index contributed by atoms with van der Waals surface area (Å²) in [7, 11) is 0. The Kier molecular flexibility index (Phi) is 3.02. The molecule has 1 aliphatic heterocycles. The molecule has 2 fully saturated rings. The lowest BCUT2D eigenvalue weighted by atomic mass is 9.90. The van der Waals surface area contributed by atoms with Crippen LogP contribution in [0.2, 0.25) is 0 Å². The van der Waals surface area contributed by atoms with Gasteiger partial charge in [-0.3, -0.25) is 14.5 Å². The average Bonchev–Trinajstić information content (AvgIpc) is 2.46. The maximum atomic E-state index is 12.3. The van der Waals surface area contributed by atoms with Gasteiger partial charge in [0.1, 0.15) is 5.60 Å². The SMILES string of the molecule is CCC(=O)N1C(=O)C(C)(C)OC12CCCCC2. The minimum Gasteiger partial charge on any atom is -0.339 e. The highest BCUT2D eigenvalue weighted by Crippen LogP contribution is 2.44. The van der Waals surface area contributed by atoms with Gasteiger partial charge in [0.25, 0.3) is 5.91 Å². The minimum absolute atomic E-state index is 0.109. The Morgan fingerprint density at radius 1 is 1.29 bits per heavy atom. The highest BCUT2D eigenvalue weighted by Gasteiger charge is 2.58. The van der Waals surface area contributed by atoms with Gasteiger partial charge in [0.2, 0.25) is 5.91 Å². The minimum atomic E-state index is -0.859. The Morgan fingerprint density at radius 2 is 1.88 bits per heavy atom. The second kappa shape index (κ2) is 4.09. The van der Waals surface area contributed by atoms with Crippen molar-refractivity contribution in [1.82, 2.24) is 4.90 Å². The molecule has 0 aromatic heterocycles. The van der Waals surface area contributed by atoms with Crippen LogP contribution in [0.1, 0.15) is 59.3 Å². The van der Waals surface area contributed by atoms with Crippen LogP contribution in [-0.4, -0.2) is 28.0 Å². The van der Waals surface area contributed by atoms with Gasteiger partial charge in [-0.2, -0.15) is 0 Å². The van der Waals surface area contributed by atoms with Crippen molar-refractivity contribution in [3.05, 3.63) is 0 Å². The summed E-state index contributed by atoms with van der Waals surface area (Å²) in [6.07, 6.45) is 5.14. The molecule has 96 valence electrons. The van der Waals surface area contributed by atoms with E-state index < -0.39 is 11.3 Å². The van der Waals surface area contributed by atoms with Gasteiger partial charge < -0.3 is 4.74 Å². The van der Waals surface area contributed by atoms with E-state index in [-0.39, 0.29) is 11.8 Å². The van der Waals surface area contributed by atoms with Crippen molar-refractivity contribution in [2.75, 3.05) is 0 Å². The lowest BCUT2D eigenvalue weighted by molar-refractivity contribution is -0.167. The van der Waals surface area contributed by atoms with Crippen molar-refractivity contribution < 1.29 is 14.3 Å². The second-order valence-electron chi connectivity index (χ2n) is 5.51. The van der Waals surface area contributed by atoms with Crippen LogP contribution in [0.15, 0.2) is 0 Å². The Labute approximate surface area is 102 Å². The monoisotopic (exact) mass is 239 g/mol. The fourth-order valence-corrected chi connectivity index (χ4v) is 2.95. The third kappa shape index (κ3) is 1.88. The smallest absolute Gasteiger partial charge is 0.263 e. The molecule has 1 saturated heterocycles. The molecule has 0 unspecified atom stereocenters. The average molecular weight is 239 g/mol. The van der Waals surface area contributed by atoms with E-state index in [1.807, 2.05) is 0 Å². The summed E-state index contributed by atoms with van der Waals surface area (Å²) in [5.41, 5.74) is -1.51. The normalized spacial score (nSPS) is 26.5. The van der Waals surface area contributed by atoms with Crippen molar-refractivity contribution in [2.24, 2.45) is 0 Å². The van der Waals surface area contributed by atoms with Crippen LogP contribution in [0.3, 0.4) is 0 Å². The summed E-state index contributed by atoms with van der Waals surface area (Å²) < 4.78 is 5.98. The first kappa shape index (κ1) is 12.6. The summed E-state index contributed by atoms with van der Waals surface area (Å²) in [5.74, 6) is -0.284. The predicted octanol–water partition coefficient (Wildman–Crippen LogP) is 2.22. The highest BCUT2D eigenvalue weighted by molar-refractivity contribution is 6.01. The second-order valence-corrected chi connectivity index (χ2v) is 5.51. The zero-order chi connectivity index (χ0) is 12.7. The summed E-state index contributed by atoms with van der Waals surface area (Å²) in [6.45, 7) is 5.31. The maximum absolute atomic E-state index is 12.3. The maximum Gasteiger partial charge on any atom is 0.263 e. The molecule has 17 heavy (non-hydrogen) atoms. The molecule has 4 heteroatoms. The van der Waals surface area contributed by atoms with Gasteiger partial charge in [-0.1, -0.05) is 13.3 Å². The van der Waals surface area contributed by atoms with E-state index in [0.29, 0.717) is 6.42 Å². The molecule has 2 amide bonds. The third-order valence-electron chi connectivity index (χ3n) is 3.76. The van der Waals surface area contributed by atoms with Gasteiger partial charge in [0, 0.05) is 6.42 Å². The Bertz CT molecular complexity index is 343. The molecule has 4 nitrogen and oxygen atoms in total. The van der Waals surface area contributed by atoms with Gasteiger partial charge in [-0.15, -0.1) is 0 Å². The Balaban J connectivity index is 2.36. The van der Waals surface area contributed by atoms with Gasteiger partial charge >= 0.3 is 0 Å². The predicted molar refractivity (Wildman–Crippen MR) is 63.1 cm³/mol. The summed E-state index contributed by atoms with van der Waals surface area (Å²) in [5, 5.41) is 0. The summed E-state index contributed by atoms with van der Waals surface area (Å²) in [4.78, 5) is 25.7.